The third-order valence-corrected chi connectivity index (χ3v) is 6.56. The number of nitrogens with two attached hydrogens (primary N) is 1. The number of fused-ring (bicyclic) bond motifs is 2. The number of nitrogens with zero attached hydrogens (tertiary/aromatic N) is 4. The molecule has 2 aliphatic rings. The molecule has 3 heterocycles. The molecule has 0 bridgehead atoms. The predicted octanol–water partition coefficient (Wildman–Crippen LogP) is 3.63. The van der Waals surface area contributed by atoms with Crippen molar-refractivity contribution in [3.05, 3.63) is 72.1 Å². The molecule has 34 heavy (non-hydrogen) atoms. The first-order valence-corrected chi connectivity index (χ1v) is 11.5. The number of benzene rings is 2. The first-order chi connectivity index (χ1) is 16.5. The zero-order chi connectivity index (χ0) is 23.7. The van der Waals surface area contributed by atoms with Crippen LogP contribution in [0.2, 0.25) is 0 Å². The number of amides is 1. The highest BCUT2D eigenvalue weighted by Gasteiger charge is 2.29. The van der Waals surface area contributed by atoms with Crippen LogP contribution in [-0.4, -0.2) is 55.3 Å². The van der Waals surface area contributed by atoms with Crippen LogP contribution >= 0.6 is 0 Å². The predicted molar refractivity (Wildman–Crippen MR) is 133 cm³/mol. The van der Waals surface area contributed by atoms with E-state index in [-0.39, 0.29) is 6.61 Å². The number of ether oxygens (including phenoxy) is 1. The van der Waals surface area contributed by atoms with E-state index in [0.717, 1.165) is 55.9 Å². The fourth-order valence-electron chi connectivity index (χ4n) is 4.79. The lowest BCUT2D eigenvalue weighted by Gasteiger charge is -2.37. The molecule has 0 saturated carbocycles. The van der Waals surface area contributed by atoms with Crippen molar-refractivity contribution in [2.75, 3.05) is 49.1 Å². The number of hydrogen-bond acceptors (Lipinski definition) is 7. The SMILES string of the molecule is C=C1COc2c(CCN3CCN(c4cccc5nc(C)ccc45)CC3)cccc2N1C(=O)ON. The van der Waals surface area contributed by atoms with E-state index in [1.807, 2.05) is 25.1 Å². The zero-order valence-electron chi connectivity index (χ0n) is 19.4. The van der Waals surface area contributed by atoms with Crippen molar-refractivity contribution in [1.29, 1.82) is 0 Å². The lowest BCUT2D eigenvalue weighted by molar-refractivity contribution is 0.155. The average molecular weight is 460 g/mol. The van der Waals surface area contributed by atoms with Crippen LogP contribution in [0.25, 0.3) is 10.9 Å². The van der Waals surface area contributed by atoms with Crippen molar-refractivity contribution in [2.24, 2.45) is 5.90 Å². The van der Waals surface area contributed by atoms with E-state index in [1.54, 1.807) is 0 Å². The molecule has 0 spiro atoms. The summed E-state index contributed by atoms with van der Waals surface area (Å²) in [5.74, 6) is 5.81. The molecule has 3 aromatic rings. The Bertz CT molecular complexity index is 1240. The van der Waals surface area contributed by atoms with Crippen molar-refractivity contribution in [1.82, 2.24) is 9.88 Å². The van der Waals surface area contributed by atoms with Crippen LogP contribution in [0.1, 0.15) is 11.3 Å². The number of carbonyl (C=O) groups is 1. The molecule has 1 aromatic heterocycles. The molecule has 5 rings (SSSR count). The summed E-state index contributed by atoms with van der Waals surface area (Å²) in [6.07, 6.45) is 0.153. The molecule has 8 nitrogen and oxygen atoms in total. The fraction of sp³-hybridized carbons (Fsp3) is 0.308. The Morgan fingerprint density at radius 3 is 2.65 bits per heavy atom. The van der Waals surface area contributed by atoms with Gasteiger partial charge in [0.25, 0.3) is 0 Å². The van der Waals surface area contributed by atoms with Crippen molar-refractivity contribution in [3.63, 3.8) is 0 Å². The number of para-hydroxylation sites is 1. The average Bonchev–Trinajstić information content (AvgIpc) is 2.86. The maximum atomic E-state index is 12.1. The molecule has 1 fully saturated rings. The second kappa shape index (κ2) is 9.32. The Hall–Kier alpha value is -3.62. The molecular weight excluding hydrogens is 430 g/mol. The van der Waals surface area contributed by atoms with Gasteiger partial charge >= 0.3 is 6.09 Å². The van der Waals surface area contributed by atoms with E-state index in [2.05, 4.69) is 56.5 Å². The van der Waals surface area contributed by atoms with Gasteiger partial charge in [-0.3, -0.25) is 9.88 Å². The molecule has 0 atom stereocenters. The second-order valence-corrected chi connectivity index (χ2v) is 8.71. The summed E-state index contributed by atoms with van der Waals surface area (Å²) in [4.78, 5) is 27.6. The monoisotopic (exact) mass is 459 g/mol. The van der Waals surface area contributed by atoms with Crippen LogP contribution in [0.15, 0.2) is 60.8 Å². The van der Waals surface area contributed by atoms with Crippen LogP contribution in [0.5, 0.6) is 5.75 Å². The van der Waals surface area contributed by atoms with Gasteiger partial charge in [0.05, 0.1) is 16.9 Å². The first kappa shape index (κ1) is 22.2. The van der Waals surface area contributed by atoms with E-state index >= 15 is 0 Å². The summed E-state index contributed by atoms with van der Waals surface area (Å²) >= 11 is 0. The van der Waals surface area contributed by atoms with Gasteiger partial charge in [0.1, 0.15) is 12.4 Å². The number of aryl methyl sites for hydroxylation is 1. The Labute approximate surface area is 199 Å². The number of piperazine rings is 1. The molecule has 2 aliphatic heterocycles. The summed E-state index contributed by atoms with van der Waals surface area (Å²) < 4.78 is 5.93. The Kier molecular flexibility index (Phi) is 6.08. The number of anilines is 2. The number of rotatable bonds is 4. The minimum absolute atomic E-state index is 0.219. The topological polar surface area (TPSA) is 84.2 Å². The highest BCUT2D eigenvalue weighted by Crippen LogP contribution is 2.38. The van der Waals surface area contributed by atoms with Gasteiger partial charge in [-0.15, -0.1) is 0 Å². The summed E-state index contributed by atoms with van der Waals surface area (Å²) in [6, 6.07) is 16.4. The van der Waals surface area contributed by atoms with Gasteiger partial charge in [0.2, 0.25) is 0 Å². The molecule has 2 N–H and O–H groups in total. The number of hydrogen-bond donors (Lipinski definition) is 1. The highest BCUT2D eigenvalue weighted by molar-refractivity contribution is 5.94. The van der Waals surface area contributed by atoms with Gasteiger partial charge in [0, 0.05) is 49.5 Å². The van der Waals surface area contributed by atoms with Crippen LogP contribution in [0, 0.1) is 6.92 Å². The molecule has 176 valence electrons. The van der Waals surface area contributed by atoms with Crippen molar-refractivity contribution < 1.29 is 14.4 Å². The third kappa shape index (κ3) is 4.18. The van der Waals surface area contributed by atoms with Crippen molar-refractivity contribution in [2.45, 2.75) is 13.3 Å². The fourth-order valence-corrected chi connectivity index (χ4v) is 4.79. The second-order valence-electron chi connectivity index (χ2n) is 8.71. The maximum absolute atomic E-state index is 12.1. The minimum atomic E-state index is -0.665. The molecule has 2 aromatic carbocycles. The summed E-state index contributed by atoms with van der Waals surface area (Å²) in [5.41, 5.74) is 5.50. The summed E-state index contributed by atoms with van der Waals surface area (Å²) in [5, 5.41) is 1.21. The quantitative estimate of drug-likeness (QED) is 0.597. The molecule has 0 radical (unpaired) electrons. The van der Waals surface area contributed by atoms with E-state index in [4.69, 9.17) is 10.6 Å². The van der Waals surface area contributed by atoms with E-state index in [1.165, 1.54) is 16.0 Å². The molecule has 1 saturated heterocycles. The lowest BCUT2D eigenvalue weighted by atomic mass is 10.1. The van der Waals surface area contributed by atoms with Gasteiger partial charge in [-0.25, -0.2) is 9.69 Å². The summed E-state index contributed by atoms with van der Waals surface area (Å²) in [7, 11) is 0. The highest BCUT2D eigenvalue weighted by atomic mass is 16.7. The Morgan fingerprint density at radius 1 is 1.09 bits per heavy atom. The van der Waals surface area contributed by atoms with E-state index in [0.29, 0.717) is 17.1 Å². The van der Waals surface area contributed by atoms with Crippen LogP contribution in [0.4, 0.5) is 16.2 Å². The smallest absolute Gasteiger partial charge is 0.437 e. The van der Waals surface area contributed by atoms with Gasteiger partial charge in [-0.2, -0.15) is 5.90 Å². The van der Waals surface area contributed by atoms with Gasteiger partial charge in [-0.05, 0) is 49.2 Å². The van der Waals surface area contributed by atoms with Crippen LogP contribution in [-0.2, 0) is 11.3 Å². The lowest BCUT2D eigenvalue weighted by Crippen LogP contribution is -2.47. The Morgan fingerprint density at radius 2 is 1.85 bits per heavy atom. The zero-order valence-corrected chi connectivity index (χ0v) is 19.4. The standard InChI is InChI=1S/C26H29N5O3/c1-18-9-10-21-22(28-18)6-4-7-23(21)30-15-13-29(14-16-30)12-11-20-5-3-8-24-25(20)33-17-19(2)31(24)26(32)34-27/h3-10H,2,11-17,27H2,1H3. The number of aromatic nitrogens is 1. The molecule has 0 unspecified atom stereocenters. The molecular formula is C26H29N5O3. The third-order valence-electron chi connectivity index (χ3n) is 6.56. The normalized spacial score (nSPS) is 16.4. The van der Waals surface area contributed by atoms with Gasteiger partial charge < -0.3 is 14.5 Å². The summed E-state index contributed by atoms with van der Waals surface area (Å²) in [6.45, 7) is 10.9. The first-order valence-electron chi connectivity index (χ1n) is 11.5. The molecule has 0 aliphatic carbocycles. The largest absolute Gasteiger partial charge is 0.485 e. The van der Waals surface area contributed by atoms with Crippen molar-refractivity contribution in [3.8, 4) is 5.75 Å². The van der Waals surface area contributed by atoms with Crippen LogP contribution < -0.4 is 20.4 Å². The Balaban J connectivity index is 1.25. The van der Waals surface area contributed by atoms with E-state index in [9.17, 15) is 4.79 Å². The molecule has 1 amide bonds. The van der Waals surface area contributed by atoms with Gasteiger partial charge in [0.15, 0.2) is 0 Å². The number of carbonyl (C=O) groups excluding carboxylic acids is 1. The van der Waals surface area contributed by atoms with Gasteiger partial charge in [-0.1, -0.05) is 24.8 Å². The minimum Gasteiger partial charge on any atom is -0.485 e. The van der Waals surface area contributed by atoms with E-state index < -0.39 is 6.09 Å². The maximum Gasteiger partial charge on any atom is 0.437 e. The van der Waals surface area contributed by atoms with Crippen molar-refractivity contribution >= 4 is 28.4 Å². The van der Waals surface area contributed by atoms with Crippen LogP contribution in [0.3, 0.4) is 0 Å². The number of pyridine rings is 1. The molecule has 8 heteroatoms.